The Balaban J connectivity index is 2.37. The van der Waals surface area contributed by atoms with Crippen molar-refractivity contribution in [1.82, 2.24) is 0 Å². The van der Waals surface area contributed by atoms with Gasteiger partial charge in [-0.05, 0) is 20.8 Å². The topological polar surface area (TPSA) is 90.7 Å². The Hall–Kier alpha value is -1.63. The molecule has 6 nitrogen and oxygen atoms in total. The first-order chi connectivity index (χ1) is 8.71. The number of benzene rings is 1. The number of anilines is 2. The summed E-state index contributed by atoms with van der Waals surface area (Å²) >= 11 is 0. The molecule has 0 aromatic heterocycles. The Morgan fingerprint density at radius 2 is 1.68 bits per heavy atom. The van der Waals surface area contributed by atoms with Crippen molar-refractivity contribution < 1.29 is 17.9 Å². The van der Waals surface area contributed by atoms with Gasteiger partial charge in [-0.25, -0.2) is 8.42 Å². The highest BCUT2D eigenvalue weighted by Gasteiger charge is 2.30. The summed E-state index contributed by atoms with van der Waals surface area (Å²) in [6.07, 6.45) is 0. The lowest BCUT2D eigenvalue weighted by Crippen LogP contribution is -2.34. The van der Waals surface area contributed by atoms with Gasteiger partial charge in [-0.1, -0.05) is 0 Å². The van der Waals surface area contributed by atoms with Crippen LogP contribution >= 0.6 is 0 Å². The second kappa shape index (κ2) is 4.48. The average Bonchev–Trinajstić information content (AvgIpc) is 2.28. The Kier molecular flexibility index (Phi) is 3.25. The molecule has 1 heterocycles. The first-order valence-corrected chi connectivity index (χ1v) is 7.40. The van der Waals surface area contributed by atoms with Crippen molar-refractivity contribution in [3.05, 3.63) is 12.1 Å². The highest BCUT2D eigenvalue weighted by molar-refractivity contribution is 7.94. The molecule has 3 N–H and O–H groups in total. The smallest absolute Gasteiger partial charge is 0.237 e. The zero-order chi connectivity index (χ0) is 14.3. The summed E-state index contributed by atoms with van der Waals surface area (Å²) in [4.78, 5) is 0. The van der Waals surface area contributed by atoms with Crippen molar-refractivity contribution in [3.63, 3.8) is 0 Å². The van der Waals surface area contributed by atoms with Crippen molar-refractivity contribution >= 4 is 21.4 Å². The molecular formula is C12H18N2O4S. The number of hydrogen-bond acceptors (Lipinski definition) is 5. The van der Waals surface area contributed by atoms with Crippen LogP contribution in [0.4, 0.5) is 11.4 Å². The van der Waals surface area contributed by atoms with Gasteiger partial charge in [0.05, 0.1) is 16.1 Å². The van der Waals surface area contributed by atoms with Crippen molar-refractivity contribution in [2.24, 2.45) is 0 Å². The molecule has 0 bridgehead atoms. The van der Waals surface area contributed by atoms with Crippen LogP contribution in [0.5, 0.6) is 11.5 Å². The van der Waals surface area contributed by atoms with E-state index in [1.54, 1.807) is 32.9 Å². The van der Waals surface area contributed by atoms with Gasteiger partial charge in [-0.3, -0.25) is 4.72 Å². The van der Waals surface area contributed by atoms with Crippen LogP contribution in [-0.2, 0) is 10.0 Å². The molecule has 0 spiro atoms. The van der Waals surface area contributed by atoms with Crippen LogP contribution in [0.3, 0.4) is 0 Å². The lowest BCUT2D eigenvalue weighted by atomic mass is 10.2. The van der Waals surface area contributed by atoms with E-state index in [4.69, 9.17) is 15.2 Å². The van der Waals surface area contributed by atoms with Gasteiger partial charge < -0.3 is 15.2 Å². The fourth-order valence-electron chi connectivity index (χ4n) is 1.49. The normalized spacial score (nSPS) is 15.1. The minimum Gasteiger partial charge on any atom is -0.486 e. The lowest BCUT2D eigenvalue weighted by Gasteiger charge is -2.23. The van der Waals surface area contributed by atoms with Gasteiger partial charge in [0, 0.05) is 12.1 Å². The second-order valence-corrected chi connectivity index (χ2v) is 7.74. The summed E-state index contributed by atoms with van der Waals surface area (Å²) in [6.45, 7) is 5.73. The Labute approximate surface area is 112 Å². The molecule has 1 aromatic rings. The summed E-state index contributed by atoms with van der Waals surface area (Å²) in [7, 11) is -3.53. The van der Waals surface area contributed by atoms with Gasteiger partial charge in [-0.15, -0.1) is 0 Å². The van der Waals surface area contributed by atoms with Crippen LogP contribution in [-0.4, -0.2) is 26.4 Å². The number of fused-ring (bicyclic) bond motifs is 1. The third kappa shape index (κ3) is 2.70. The molecule has 0 saturated heterocycles. The molecule has 106 valence electrons. The molecule has 1 aliphatic heterocycles. The molecule has 0 fully saturated rings. The van der Waals surface area contributed by atoms with Gasteiger partial charge in [0.2, 0.25) is 10.0 Å². The minimum absolute atomic E-state index is 0.303. The second-order valence-electron chi connectivity index (χ2n) is 5.30. The zero-order valence-corrected chi connectivity index (χ0v) is 12.0. The van der Waals surface area contributed by atoms with E-state index in [-0.39, 0.29) is 0 Å². The van der Waals surface area contributed by atoms with Crippen LogP contribution in [0, 0.1) is 0 Å². The first kappa shape index (κ1) is 13.8. The van der Waals surface area contributed by atoms with Crippen molar-refractivity contribution in [2.45, 2.75) is 25.5 Å². The first-order valence-electron chi connectivity index (χ1n) is 5.92. The number of nitrogen functional groups attached to an aromatic ring is 1. The Bertz CT molecular complexity index is 590. The molecule has 0 aliphatic carbocycles. The quantitative estimate of drug-likeness (QED) is 0.805. The number of hydrogen-bond donors (Lipinski definition) is 2. The third-order valence-corrected chi connectivity index (χ3v) is 4.87. The van der Waals surface area contributed by atoms with E-state index in [2.05, 4.69) is 4.72 Å². The van der Waals surface area contributed by atoms with Crippen molar-refractivity contribution in [3.8, 4) is 11.5 Å². The van der Waals surface area contributed by atoms with E-state index in [0.29, 0.717) is 36.1 Å². The Morgan fingerprint density at radius 3 is 2.21 bits per heavy atom. The number of ether oxygens (including phenoxy) is 2. The molecule has 2 rings (SSSR count). The average molecular weight is 286 g/mol. The largest absolute Gasteiger partial charge is 0.486 e. The number of rotatable bonds is 2. The van der Waals surface area contributed by atoms with Crippen LogP contribution in [0.1, 0.15) is 20.8 Å². The molecule has 0 atom stereocenters. The van der Waals surface area contributed by atoms with Crippen molar-refractivity contribution in [1.29, 1.82) is 0 Å². The van der Waals surface area contributed by atoms with E-state index >= 15 is 0 Å². The van der Waals surface area contributed by atoms with Crippen LogP contribution in [0.15, 0.2) is 12.1 Å². The van der Waals surface area contributed by atoms with Crippen molar-refractivity contribution in [2.75, 3.05) is 23.7 Å². The van der Waals surface area contributed by atoms with E-state index < -0.39 is 14.8 Å². The molecule has 0 amide bonds. The lowest BCUT2D eigenvalue weighted by molar-refractivity contribution is 0.172. The van der Waals surface area contributed by atoms with Crippen LogP contribution in [0.2, 0.25) is 0 Å². The van der Waals surface area contributed by atoms with Gasteiger partial charge >= 0.3 is 0 Å². The molecule has 1 aliphatic rings. The fraction of sp³-hybridized carbons (Fsp3) is 0.500. The fourth-order valence-corrected chi connectivity index (χ4v) is 2.26. The maximum atomic E-state index is 12.1. The molecule has 7 heteroatoms. The monoisotopic (exact) mass is 286 g/mol. The van der Waals surface area contributed by atoms with E-state index in [1.807, 2.05) is 0 Å². The predicted molar refractivity (Wildman–Crippen MR) is 74.1 cm³/mol. The summed E-state index contributed by atoms with van der Waals surface area (Å²) in [6, 6.07) is 3.11. The highest BCUT2D eigenvalue weighted by atomic mass is 32.2. The number of sulfonamides is 1. The number of nitrogens with one attached hydrogen (secondary N) is 1. The van der Waals surface area contributed by atoms with Gasteiger partial charge in [0.15, 0.2) is 11.5 Å². The molecule has 19 heavy (non-hydrogen) atoms. The number of nitrogens with two attached hydrogens (primary N) is 1. The summed E-state index contributed by atoms with van der Waals surface area (Å²) in [5, 5.41) is 0. The summed E-state index contributed by atoms with van der Waals surface area (Å²) < 4.78 is 36.5. The molecule has 0 saturated carbocycles. The Morgan fingerprint density at radius 1 is 1.16 bits per heavy atom. The molecular weight excluding hydrogens is 268 g/mol. The maximum Gasteiger partial charge on any atom is 0.237 e. The minimum atomic E-state index is -3.53. The molecule has 0 radical (unpaired) electrons. The third-order valence-electron chi connectivity index (χ3n) is 2.76. The van der Waals surface area contributed by atoms with Crippen LogP contribution in [0.25, 0.3) is 0 Å². The van der Waals surface area contributed by atoms with Crippen LogP contribution < -0.4 is 19.9 Å². The van der Waals surface area contributed by atoms with E-state index in [9.17, 15) is 8.42 Å². The summed E-state index contributed by atoms with van der Waals surface area (Å²) in [5.74, 6) is 1.02. The van der Waals surface area contributed by atoms with Gasteiger partial charge in [-0.2, -0.15) is 0 Å². The predicted octanol–water partition coefficient (Wildman–Crippen LogP) is 1.58. The van der Waals surface area contributed by atoms with Gasteiger partial charge in [0.1, 0.15) is 13.2 Å². The highest BCUT2D eigenvalue weighted by Crippen LogP contribution is 2.37. The SMILES string of the molecule is CC(C)(C)S(=O)(=O)Nc1cc2c(cc1N)OCCO2. The summed E-state index contributed by atoms with van der Waals surface area (Å²) in [5.41, 5.74) is 6.44. The van der Waals surface area contributed by atoms with E-state index in [1.165, 1.54) is 0 Å². The van der Waals surface area contributed by atoms with E-state index in [0.717, 1.165) is 0 Å². The molecule has 0 unspecified atom stereocenters. The van der Waals surface area contributed by atoms with Gasteiger partial charge in [0.25, 0.3) is 0 Å². The zero-order valence-electron chi connectivity index (χ0n) is 11.2. The molecule has 1 aromatic carbocycles. The maximum absolute atomic E-state index is 12.1. The standard InChI is InChI=1S/C12H18N2O4S/c1-12(2,3)19(15,16)14-9-7-11-10(6-8(9)13)17-4-5-18-11/h6-7,14H,4-5,13H2,1-3H3.